The zero-order valence-corrected chi connectivity index (χ0v) is 15.3. The molecule has 29 heavy (non-hydrogen) atoms. The third kappa shape index (κ3) is 5.65. The maximum absolute atomic E-state index is 13.1. The third-order valence-corrected chi connectivity index (χ3v) is 4.40. The second-order valence-corrected chi connectivity index (χ2v) is 6.52. The van der Waals surface area contributed by atoms with Crippen LogP contribution in [0.1, 0.15) is 22.7 Å². The van der Waals surface area contributed by atoms with Gasteiger partial charge in [-0.05, 0) is 30.3 Å². The lowest BCUT2D eigenvalue weighted by Gasteiger charge is -2.17. The molecule has 0 saturated carbocycles. The molecule has 3 nitrogen and oxygen atoms in total. The van der Waals surface area contributed by atoms with Gasteiger partial charge in [-0.1, -0.05) is 48.5 Å². The highest BCUT2D eigenvalue weighted by Gasteiger charge is 2.31. The molecule has 0 spiro atoms. The van der Waals surface area contributed by atoms with Crippen LogP contribution in [0.3, 0.4) is 0 Å². The Morgan fingerprint density at radius 3 is 2.28 bits per heavy atom. The standard InChI is InChI=1S/C22H18F4N2O/c23-18-11-9-15(10-12-18)14-27-20(16-5-2-1-3-6-16)21(29)28-19-8-4-7-17(13-19)22(24,25)26/h1-13,20,27H,14H2,(H,28,29)/p+1/t20-/m1/s1. The van der Waals surface area contributed by atoms with Crippen molar-refractivity contribution in [3.05, 3.63) is 101 Å². The molecule has 1 amide bonds. The van der Waals surface area contributed by atoms with Crippen LogP contribution in [0.5, 0.6) is 0 Å². The predicted octanol–water partition coefficient (Wildman–Crippen LogP) is 4.29. The van der Waals surface area contributed by atoms with Crippen molar-refractivity contribution in [2.24, 2.45) is 0 Å². The van der Waals surface area contributed by atoms with Gasteiger partial charge < -0.3 is 10.6 Å². The fourth-order valence-electron chi connectivity index (χ4n) is 2.92. The van der Waals surface area contributed by atoms with Gasteiger partial charge in [0, 0.05) is 16.8 Å². The van der Waals surface area contributed by atoms with Crippen LogP contribution in [0.25, 0.3) is 0 Å². The maximum atomic E-state index is 13.1. The van der Waals surface area contributed by atoms with Gasteiger partial charge >= 0.3 is 6.18 Å². The zero-order valence-electron chi connectivity index (χ0n) is 15.3. The van der Waals surface area contributed by atoms with Gasteiger partial charge in [0.25, 0.3) is 5.91 Å². The van der Waals surface area contributed by atoms with Gasteiger partial charge in [0.2, 0.25) is 0 Å². The number of alkyl halides is 3. The van der Waals surface area contributed by atoms with Gasteiger partial charge in [-0.25, -0.2) is 4.39 Å². The van der Waals surface area contributed by atoms with E-state index in [1.165, 1.54) is 24.3 Å². The zero-order chi connectivity index (χ0) is 20.9. The Kier molecular flexibility index (Phi) is 6.29. The molecule has 0 aliphatic heterocycles. The van der Waals surface area contributed by atoms with Crippen LogP contribution in [0, 0.1) is 5.82 Å². The number of amides is 1. The lowest BCUT2D eigenvalue weighted by molar-refractivity contribution is -0.697. The second kappa shape index (κ2) is 8.87. The van der Waals surface area contributed by atoms with Crippen molar-refractivity contribution in [1.82, 2.24) is 0 Å². The Bertz CT molecular complexity index is 957. The molecule has 0 aliphatic carbocycles. The summed E-state index contributed by atoms with van der Waals surface area (Å²) in [5, 5.41) is 4.32. The number of halogens is 4. The lowest BCUT2D eigenvalue weighted by atomic mass is 10.1. The molecule has 0 aromatic heterocycles. The average Bonchev–Trinajstić information content (AvgIpc) is 2.70. The van der Waals surface area contributed by atoms with Gasteiger partial charge in [0.15, 0.2) is 6.04 Å². The van der Waals surface area contributed by atoms with Crippen LogP contribution in [-0.2, 0) is 17.5 Å². The molecule has 0 fully saturated rings. The van der Waals surface area contributed by atoms with E-state index >= 15 is 0 Å². The number of carbonyl (C=O) groups is 1. The van der Waals surface area contributed by atoms with Gasteiger partial charge in [0.05, 0.1) is 5.56 Å². The second-order valence-electron chi connectivity index (χ2n) is 6.52. The summed E-state index contributed by atoms with van der Waals surface area (Å²) >= 11 is 0. The Labute approximate surface area is 165 Å². The van der Waals surface area contributed by atoms with Gasteiger partial charge in [-0.15, -0.1) is 0 Å². The van der Waals surface area contributed by atoms with E-state index in [1.807, 2.05) is 6.07 Å². The molecule has 0 saturated heterocycles. The summed E-state index contributed by atoms with van der Waals surface area (Å²) in [6.45, 7) is 0.399. The van der Waals surface area contributed by atoms with Gasteiger partial charge in [-0.2, -0.15) is 13.2 Å². The first kappa shape index (κ1) is 20.5. The van der Waals surface area contributed by atoms with E-state index < -0.39 is 23.7 Å². The maximum Gasteiger partial charge on any atom is 0.416 e. The third-order valence-electron chi connectivity index (χ3n) is 4.40. The highest BCUT2D eigenvalue weighted by atomic mass is 19.4. The van der Waals surface area contributed by atoms with E-state index in [9.17, 15) is 22.4 Å². The first-order valence-electron chi connectivity index (χ1n) is 8.94. The minimum atomic E-state index is -4.49. The van der Waals surface area contributed by atoms with Crippen molar-refractivity contribution in [1.29, 1.82) is 0 Å². The summed E-state index contributed by atoms with van der Waals surface area (Å²) in [6, 6.07) is 18.7. The summed E-state index contributed by atoms with van der Waals surface area (Å²) in [5.74, 6) is -0.798. The highest BCUT2D eigenvalue weighted by Crippen LogP contribution is 2.30. The Balaban J connectivity index is 1.78. The Morgan fingerprint density at radius 2 is 1.62 bits per heavy atom. The van der Waals surface area contributed by atoms with Crippen LogP contribution < -0.4 is 10.6 Å². The molecule has 0 radical (unpaired) electrons. The van der Waals surface area contributed by atoms with Crippen molar-refractivity contribution in [2.45, 2.75) is 18.8 Å². The number of nitrogens with one attached hydrogen (secondary N) is 1. The molecular formula is C22H19F4N2O+. The van der Waals surface area contributed by atoms with Crippen LogP contribution in [0.4, 0.5) is 23.2 Å². The van der Waals surface area contributed by atoms with Gasteiger partial charge in [0.1, 0.15) is 12.4 Å². The van der Waals surface area contributed by atoms with E-state index in [4.69, 9.17) is 0 Å². The average molecular weight is 403 g/mol. The minimum absolute atomic E-state index is 0.0703. The summed E-state index contributed by atoms with van der Waals surface area (Å²) in [4.78, 5) is 12.9. The Morgan fingerprint density at radius 1 is 0.931 bits per heavy atom. The van der Waals surface area contributed by atoms with Crippen molar-refractivity contribution in [2.75, 3.05) is 5.32 Å². The van der Waals surface area contributed by atoms with E-state index in [-0.39, 0.29) is 11.5 Å². The van der Waals surface area contributed by atoms with Crippen LogP contribution >= 0.6 is 0 Å². The molecule has 3 aromatic rings. The van der Waals surface area contributed by atoms with E-state index in [0.717, 1.165) is 17.7 Å². The Hall–Kier alpha value is -3.19. The molecular weight excluding hydrogens is 384 g/mol. The summed E-state index contributed by atoms with van der Waals surface area (Å²) in [5.41, 5.74) is 0.765. The number of benzene rings is 3. The number of quaternary nitrogens is 1. The SMILES string of the molecule is O=C(Nc1cccc(C(F)(F)F)c1)[C@H]([NH2+]Cc1ccc(F)cc1)c1ccccc1. The number of rotatable bonds is 6. The largest absolute Gasteiger partial charge is 0.416 e. The van der Waals surface area contributed by atoms with Crippen LogP contribution in [0.15, 0.2) is 78.9 Å². The van der Waals surface area contributed by atoms with Crippen molar-refractivity contribution >= 4 is 11.6 Å². The molecule has 1 atom stereocenters. The molecule has 7 heteroatoms. The fourth-order valence-corrected chi connectivity index (χ4v) is 2.92. The first-order valence-corrected chi connectivity index (χ1v) is 8.94. The monoisotopic (exact) mass is 403 g/mol. The lowest BCUT2D eigenvalue weighted by Crippen LogP contribution is -2.85. The fraction of sp³-hybridized carbons (Fsp3) is 0.136. The van der Waals surface area contributed by atoms with E-state index in [1.54, 1.807) is 41.7 Å². The number of hydrogen-bond donors (Lipinski definition) is 2. The highest BCUT2D eigenvalue weighted by molar-refractivity contribution is 5.94. The topological polar surface area (TPSA) is 45.7 Å². The van der Waals surface area contributed by atoms with E-state index in [2.05, 4.69) is 5.32 Å². The molecule has 150 valence electrons. The normalized spacial score (nSPS) is 12.4. The number of anilines is 1. The summed E-state index contributed by atoms with van der Waals surface area (Å²) in [6.07, 6.45) is -4.49. The first-order chi connectivity index (χ1) is 13.8. The molecule has 3 aromatic carbocycles. The number of carbonyl (C=O) groups excluding carboxylic acids is 1. The summed E-state index contributed by atoms with van der Waals surface area (Å²) in [7, 11) is 0. The molecule has 0 heterocycles. The van der Waals surface area contributed by atoms with Crippen molar-refractivity contribution in [3.63, 3.8) is 0 Å². The predicted molar refractivity (Wildman–Crippen MR) is 101 cm³/mol. The molecule has 3 rings (SSSR count). The minimum Gasteiger partial charge on any atom is -0.328 e. The van der Waals surface area contributed by atoms with Gasteiger partial charge in [-0.3, -0.25) is 4.79 Å². The van der Waals surface area contributed by atoms with E-state index in [0.29, 0.717) is 12.1 Å². The smallest absolute Gasteiger partial charge is 0.328 e. The molecule has 3 N–H and O–H groups in total. The molecule has 0 aliphatic rings. The van der Waals surface area contributed by atoms with Crippen molar-refractivity contribution in [3.8, 4) is 0 Å². The summed E-state index contributed by atoms with van der Waals surface area (Å²) < 4.78 is 51.8. The number of hydrogen-bond acceptors (Lipinski definition) is 1. The van der Waals surface area contributed by atoms with Crippen LogP contribution in [0.2, 0.25) is 0 Å². The van der Waals surface area contributed by atoms with Crippen molar-refractivity contribution < 1.29 is 27.7 Å². The number of nitrogens with two attached hydrogens (primary N) is 1. The van der Waals surface area contributed by atoms with Crippen LogP contribution in [-0.4, -0.2) is 5.91 Å². The molecule has 0 bridgehead atoms. The quantitative estimate of drug-likeness (QED) is 0.593. The molecule has 0 unspecified atom stereocenters.